The third-order valence-electron chi connectivity index (χ3n) is 4.20. The molecule has 5 nitrogen and oxygen atoms in total. The van der Waals surface area contributed by atoms with Crippen molar-refractivity contribution in [3.63, 3.8) is 0 Å². The molecule has 0 bridgehead atoms. The maximum absolute atomic E-state index is 10.0. The van der Waals surface area contributed by atoms with Gasteiger partial charge in [0, 0.05) is 30.8 Å². The summed E-state index contributed by atoms with van der Waals surface area (Å²) >= 11 is 0. The molecule has 1 saturated heterocycles. The van der Waals surface area contributed by atoms with Crippen LogP contribution in [0.3, 0.4) is 0 Å². The number of nitrogens with one attached hydrogen (secondary N) is 1. The molecule has 0 aromatic heterocycles. The zero-order valence-corrected chi connectivity index (χ0v) is 12.6. The minimum atomic E-state index is 0.233. The summed E-state index contributed by atoms with van der Waals surface area (Å²) in [6.45, 7) is 6.54. The van der Waals surface area contributed by atoms with Gasteiger partial charge in [-0.25, -0.2) is 0 Å². The molecule has 0 spiro atoms. The largest absolute Gasteiger partial charge is 0.507 e. The van der Waals surface area contributed by atoms with Crippen LogP contribution in [0.15, 0.2) is 12.1 Å². The van der Waals surface area contributed by atoms with Gasteiger partial charge in [-0.15, -0.1) is 0 Å². The Labute approximate surface area is 125 Å². The number of hydrogen-bond donors (Lipinski definition) is 2. The van der Waals surface area contributed by atoms with E-state index in [4.69, 9.17) is 9.47 Å². The molecular formula is C16H24N2O3. The highest BCUT2D eigenvalue weighted by atomic mass is 16.7. The first-order valence-electron chi connectivity index (χ1n) is 7.79. The zero-order valence-electron chi connectivity index (χ0n) is 12.6. The fourth-order valence-corrected chi connectivity index (χ4v) is 2.99. The van der Waals surface area contributed by atoms with Gasteiger partial charge in [-0.05, 0) is 38.9 Å². The topological polar surface area (TPSA) is 54.0 Å². The quantitative estimate of drug-likeness (QED) is 0.870. The molecule has 1 fully saturated rings. The van der Waals surface area contributed by atoms with Crippen LogP contribution in [0.5, 0.6) is 17.2 Å². The van der Waals surface area contributed by atoms with Gasteiger partial charge in [0.05, 0.1) is 0 Å². The van der Waals surface area contributed by atoms with Gasteiger partial charge in [0.1, 0.15) is 5.75 Å². The van der Waals surface area contributed by atoms with Crippen LogP contribution >= 0.6 is 0 Å². The molecule has 0 amide bonds. The number of likely N-dealkylation sites (tertiary alicyclic amines) is 1. The molecule has 5 heteroatoms. The average molecular weight is 292 g/mol. The van der Waals surface area contributed by atoms with E-state index in [1.807, 2.05) is 6.07 Å². The molecule has 1 aromatic carbocycles. The molecule has 2 aliphatic rings. The van der Waals surface area contributed by atoms with E-state index in [9.17, 15) is 5.11 Å². The molecule has 1 unspecified atom stereocenters. The van der Waals surface area contributed by atoms with Gasteiger partial charge in [0.15, 0.2) is 11.5 Å². The summed E-state index contributed by atoms with van der Waals surface area (Å²) in [6.07, 6.45) is 3.99. The summed E-state index contributed by atoms with van der Waals surface area (Å²) < 4.78 is 10.6. The molecule has 2 heterocycles. The molecule has 116 valence electrons. The Bertz CT molecular complexity index is 487. The van der Waals surface area contributed by atoms with Crippen LogP contribution in [0.4, 0.5) is 0 Å². The number of phenolic OH excluding ortho intramolecular Hbond substituents is 1. The molecule has 2 aliphatic heterocycles. The first-order valence-corrected chi connectivity index (χ1v) is 7.79. The first kappa shape index (κ1) is 14.5. The van der Waals surface area contributed by atoms with E-state index < -0.39 is 0 Å². The van der Waals surface area contributed by atoms with Gasteiger partial charge in [-0.1, -0.05) is 6.42 Å². The maximum Gasteiger partial charge on any atom is 0.231 e. The van der Waals surface area contributed by atoms with Crippen molar-refractivity contribution in [3.05, 3.63) is 17.7 Å². The first-order chi connectivity index (χ1) is 10.2. The predicted molar refractivity (Wildman–Crippen MR) is 80.8 cm³/mol. The van der Waals surface area contributed by atoms with Crippen LogP contribution in [0.1, 0.15) is 31.7 Å². The number of aromatic hydroxyl groups is 1. The Kier molecular flexibility index (Phi) is 4.51. The minimum absolute atomic E-state index is 0.233. The second-order valence-corrected chi connectivity index (χ2v) is 5.98. The fourth-order valence-electron chi connectivity index (χ4n) is 2.99. The highest BCUT2D eigenvalue weighted by Gasteiger charge is 2.18. The SMILES string of the molecule is CC(CN1CCCCC1)NCc1cc2c(cc1O)OCO2. The molecule has 0 radical (unpaired) electrons. The van der Waals surface area contributed by atoms with Crippen LogP contribution < -0.4 is 14.8 Å². The standard InChI is InChI=1S/C16H24N2O3/c1-12(10-18-5-3-2-4-6-18)17-9-13-7-15-16(8-14(13)19)21-11-20-15/h7-8,12,17,19H,2-6,9-11H2,1H3. The van der Waals surface area contributed by atoms with E-state index in [0.29, 0.717) is 24.1 Å². The van der Waals surface area contributed by atoms with Crippen molar-refractivity contribution in [2.45, 2.75) is 38.8 Å². The monoisotopic (exact) mass is 292 g/mol. The van der Waals surface area contributed by atoms with Gasteiger partial charge in [0.2, 0.25) is 6.79 Å². The van der Waals surface area contributed by atoms with Crippen molar-refractivity contribution in [1.29, 1.82) is 0 Å². The molecule has 1 aromatic rings. The molecule has 0 aliphatic carbocycles. The lowest BCUT2D eigenvalue weighted by Gasteiger charge is -2.29. The van der Waals surface area contributed by atoms with E-state index in [1.54, 1.807) is 6.07 Å². The number of rotatable bonds is 5. The lowest BCUT2D eigenvalue weighted by atomic mass is 10.1. The van der Waals surface area contributed by atoms with Crippen LogP contribution in [0.25, 0.3) is 0 Å². The van der Waals surface area contributed by atoms with E-state index in [-0.39, 0.29) is 12.5 Å². The number of ether oxygens (including phenoxy) is 2. The smallest absolute Gasteiger partial charge is 0.231 e. The zero-order chi connectivity index (χ0) is 14.7. The summed E-state index contributed by atoms with van der Waals surface area (Å²) in [5, 5.41) is 13.5. The van der Waals surface area contributed by atoms with Crippen molar-refractivity contribution < 1.29 is 14.6 Å². The van der Waals surface area contributed by atoms with Crippen molar-refractivity contribution in [2.75, 3.05) is 26.4 Å². The number of benzene rings is 1. The molecule has 1 atom stereocenters. The third kappa shape index (κ3) is 3.60. The summed E-state index contributed by atoms with van der Waals surface area (Å²) in [5.74, 6) is 1.60. The second kappa shape index (κ2) is 6.54. The van der Waals surface area contributed by atoms with Crippen LogP contribution in [0.2, 0.25) is 0 Å². The van der Waals surface area contributed by atoms with Crippen molar-refractivity contribution in [1.82, 2.24) is 10.2 Å². The predicted octanol–water partition coefficient (Wildman–Crippen LogP) is 2.08. The van der Waals surface area contributed by atoms with E-state index >= 15 is 0 Å². The van der Waals surface area contributed by atoms with Gasteiger partial charge in [0.25, 0.3) is 0 Å². The highest BCUT2D eigenvalue weighted by molar-refractivity contribution is 5.51. The summed E-state index contributed by atoms with van der Waals surface area (Å²) in [7, 11) is 0. The van der Waals surface area contributed by atoms with Crippen molar-refractivity contribution in [2.24, 2.45) is 0 Å². The lowest BCUT2D eigenvalue weighted by Crippen LogP contribution is -2.41. The Morgan fingerprint density at radius 3 is 2.67 bits per heavy atom. The van der Waals surface area contributed by atoms with Crippen molar-refractivity contribution >= 4 is 0 Å². The fraction of sp³-hybridized carbons (Fsp3) is 0.625. The Hall–Kier alpha value is -1.46. The minimum Gasteiger partial charge on any atom is -0.507 e. The summed E-state index contributed by atoms with van der Waals surface area (Å²) in [5.41, 5.74) is 0.852. The molecule has 2 N–H and O–H groups in total. The van der Waals surface area contributed by atoms with Crippen LogP contribution in [0, 0.1) is 0 Å². The highest BCUT2D eigenvalue weighted by Crippen LogP contribution is 2.37. The van der Waals surface area contributed by atoms with Crippen LogP contribution in [-0.4, -0.2) is 42.5 Å². The Balaban J connectivity index is 1.52. The number of fused-ring (bicyclic) bond motifs is 1. The number of hydrogen-bond acceptors (Lipinski definition) is 5. The van der Waals surface area contributed by atoms with Gasteiger partial charge < -0.3 is 24.8 Å². The summed E-state index contributed by atoms with van der Waals surface area (Å²) in [4.78, 5) is 2.51. The van der Waals surface area contributed by atoms with E-state index in [0.717, 1.165) is 12.1 Å². The molecular weight excluding hydrogens is 268 g/mol. The van der Waals surface area contributed by atoms with Crippen molar-refractivity contribution in [3.8, 4) is 17.2 Å². The third-order valence-corrected chi connectivity index (χ3v) is 4.20. The maximum atomic E-state index is 10.0. The van der Waals surface area contributed by atoms with E-state index in [2.05, 4.69) is 17.1 Å². The Morgan fingerprint density at radius 1 is 1.19 bits per heavy atom. The van der Waals surface area contributed by atoms with Gasteiger partial charge in [-0.2, -0.15) is 0 Å². The van der Waals surface area contributed by atoms with Gasteiger partial charge in [-0.3, -0.25) is 0 Å². The second-order valence-electron chi connectivity index (χ2n) is 5.98. The van der Waals surface area contributed by atoms with Crippen LogP contribution in [-0.2, 0) is 6.54 Å². The Morgan fingerprint density at radius 2 is 1.90 bits per heavy atom. The molecule has 0 saturated carbocycles. The number of phenols is 1. The number of piperidine rings is 1. The lowest BCUT2D eigenvalue weighted by molar-refractivity contribution is 0.174. The molecule has 21 heavy (non-hydrogen) atoms. The summed E-state index contributed by atoms with van der Waals surface area (Å²) in [6, 6.07) is 3.89. The van der Waals surface area contributed by atoms with E-state index in [1.165, 1.54) is 32.4 Å². The van der Waals surface area contributed by atoms with Gasteiger partial charge >= 0.3 is 0 Å². The number of nitrogens with zero attached hydrogens (tertiary/aromatic N) is 1. The molecule has 3 rings (SSSR count). The normalized spacial score (nSPS) is 19.7. The average Bonchev–Trinajstić information content (AvgIpc) is 2.93.